The molecule has 2 aliphatic rings. The topological polar surface area (TPSA) is 0 Å². The maximum Gasteiger partial charge on any atom is 0.269 e. The average molecular weight is 158 g/mol. The zero-order valence-electron chi connectivity index (χ0n) is 6.50. The molecule has 2 aliphatic carbocycles. The highest BCUT2D eigenvalue weighted by Crippen LogP contribution is 2.60. The van der Waals surface area contributed by atoms with Crippen LogP contribution in [0.1, 0.15) is 32.1 Å². The van der Waals surface area contributed by atoms with Crippen LogP contribution in [-0.4, -0.2) is 5.92 Å². The summed E-state index contributed by atoms with van der Waals surface area (Å²) in [6, 6.07) is 0. The fraction of sp³-hybridized carbons (Fsp3) is 0.778. The van der Waals surface area contributed by atoms with Crippen LogP contribution in [0.15, 0.2) is 12.2 Å². The van der Waals surface area contributed by atoms with Crippen molar-refractivity contribution < 1.29 is 8.78 Å². The van der Waals surface area contributed by atoms with Gasteiger partial charge in [0.25, 0.3) is 5.92 Å². The van der Waals surface area contributed by atoms with Crippen LogP contribution >= 0.6 is 0 Å². The van der Waals surface area contributed by atoms with Crippen LogP contribution in [0.2, 0.25) is 0 Å². The quantitative estimate of drug-likeness (QED) is 0.475. The molecular formula is C9H12F2. The Kier molecular flexibility index (Phi) is 1.22. The first-order valence-electron chi connectivity index (χ1n) is 4.10. The Morgan fingerprint density at radius 3 is 2.09 bits per heavy atom. The Morgan fingerprint density at radius 2 is 1.64 bits per heavy atom. The lowest BCUT2D eigenvalue weighted by Gasteiger charge is -2.30. The lowest BCUT2D eigenvalue weighted by Crippen LogP contribution is -2.27. The number of allylic oxidation sites excluding steroid dienone is 1. The molecule has 0 unspecified atom stereocenters. The molecule has 0 heterocycles. The molecule has 0 bridgehead atoms. The van der Waals surface area contributed by atoms with E-state index in [0.29, 0.717) is 12.8 Å². The predicted molar refractivity (Wildman–Crippen MR) is 39.6 cm³/mol. The van der Waals surface area contributed by atoms with Crippen molar-refractivity contribution in [1.82, 2.24) is 0 Å². The highest BCUT2D eigenvalue weighted by Gasteiger charge is 2.51. The molecular weight excluding hydrogens is 146 g/mol. The van der Waals surface area contributed by atoms with E-state index in [1.54, 1.807) is 0 Å². The van der Waals surface area contributed by atoms with Crippen molar-refractivity contribution in [2.75, 3.05) is 0 Å². The zero-order valence-corrected chi connectivity index (χ0v) is 6.50. The predicted octanol–water partition coefficient (Wildman–Crippen LogP) is 3.14. The van der Waals surface area contributed by atoms with Crippen LogP contribution < -0.4 is 0 Å². The fourth-order valence-corrected chi connectivity index (χ4v) is 1.87. The third-order valence-corrected chi connectivity index (χ3v) is 3.03. The van der Waals surface area contributed by atoms with E-state index in [1.165, 1.54) is 0 Å². The van der Waals surface area contributed by atoms with Crippen LogP contribution in [0, 0.1) is 5.41 Å². The summed E-state index contributed by atoms with van der Waals surface area (Å²) in [6.07, 6.45) is 3.59. The summed E-state index contributed by atoms with van der Waals surface area (Å²) < 4.78 is 25.7. The second-order valence-corrected chi connectivity index (χ2v) is 3.98. The van der Waals surface area contributed by atoms with Gasteiger partial charge in [0.05, 0.1) is 0 Å². The summed E-state index contributed by atoms with van der Waals surface area (Å²) in [6.45, 7) is 3.45. The van der Waals surface area contributed by atoms with Gasteiger partial charge in [0, 0.05) is 6.42 Å². The first-order valence-corrected chi connectivity index (χ1v) is 4.10. The lowest BCUT2D eigenvalue weighted by atomic mass is 9.81. The van der Waals surface area contributed by atoms with Gasteiger partial charge in [-0.25, -0.2) is 8.78 Å². The molecule has 2 saturated carbocycles. The van der Waals surface area contributed by atoms with E-state index in [0.717, 1.165) is 12.8 Å². The van der Waals surface area contributed by atoms with E-state index in [1.807, 2.05) is 0 Å². The minimum Gasteiger partial charge on any atom is -0.202 e. The molecule has 0 aromatic carbocycles. The maximum absolute atomic E-state index is 12.9. The molecule has 11 heavy (non-hydrogen) atoms. The Hall–Kier alpha value is -0.400. The van der Waals surface area contributed by atoms with E-state index in [9.17, 15) is 8.78 Å². The first kappa shape index (κ1) is 7.26. The van der Waals surface area contributed by atoms with Crippen LogP contribution in [0.5, 0.6) is 0 Å². The molecule has 0 aromatic rings. The van der Waals surface area contributed by atoms with Crippen LogP contribution in [-0.2, 0) is 0 Å². The highest BCUT2D eigenvalue weighted by molar-refractivity contribution is 5.18. The van der Waals surface area contributed by atoms with Gasteiger partial charge in [-0.15, -0.1) is 0 Å². The summed E-state index contributed by atoms with van der Waals surface area (Å²) in [5, 5.41) is 0. The molecule has 0 amide bonds. The summed E-state index contributed by atoms with van der Waals surface area (Å²) in [4.78, 5) is 0. The van der Waals surface area contributed by atoms with Crippen molar-refractivity contribution in [1.29, 1.82) is 0 Å². The molecule has 0 aliphatic heterocycles. The Labute approximate surface area is 65.3 Å². The normalized spacial score (nSPS) is 32.4. The smallest absolute Gasteiger partial charge is 0.202 e. The van der Waals surface area contributed by atoms with Gasteiger partial charge >= 0.3 is 0 Å². The standard InChI is InChI=1S/C9H12F2/c1-7-6-8(2-3-8)4-5-9(7,10)11/h1-6H2. The fourth-order valence-electron chi connectivity index (χ4n) is 1.87. The molecule has 0 radical (unpaired) electrons. The average Bonchev–Trinajstić information content (AvgIpc) is 2.64. The maximum atomic E-state index is 12.9. The summed E-state index contributed by atoms with van der Waals surface area (Å²) in [7, 11) is 0. The largest absolute Gasteiger partial charge is 0.269 e. The van der Waals surface area contributed by atoms with Gasteiger partial charge < -0.3 is 0 Å². The Balaban J connectivity index is 2.11. The molecule has 2 rings (SSSR count). The molecule has 0 nitrogen and oxygen atoms in total. The zero-order chi connectivity index (χ0) is 8.11. The van der Waals surface area contributed by atoms with Gasteiger partial charge in [0.2, 0.25) is 0 Å². The summed E-state index contributed by atoms with van der Waals surface area (Å²) >= 11 is 0. The first-order chi connectivity index (χ1) is 5.04. The number of hydrogen-bond acceptors (Lipinski definition) is 0. The van der Waals surface area contributed by atoms with Crippen molar-refractivity contribution in [3.63, 3.8) is 0 Å². The third kappa shape index (κ3) is 1.09. The molecule has 62 valence electrons. The van der Waals surface area contributed by atoms with Gasteiger partial charge in [-0.3, -0.25) is 0 Å². The third-order valence-electron chi connectivity index (χ3n) is 3.03. The molecule has 0 saturated heterocycles. The minimum atomic E-state index is -2.56. The highest BCUT2D eigenvalue weighted by atomic mass is 19.3. The second-order valence-electron chi connectivity index (χ2n) is 3.98. The van der Waals surface area contributed by atoms with Crippen LogP contribution in [0.3, 0.4) is 0 Å². The monoisotopic (exact) mass is 158 g/mol. The van der Waals surface area contributed by atoms with E-state index < -0.39 is 5.92 Å². The molecule has 2 heteroatoms. The lowest BCUT2D eigenvalue weighted by molar-refractivity contribution is 0.00170. The van der Waals surface area contributed by atoms with E-state index in [4.69, 9.17) is 0 Å². The van der Waals surface area contributed by atoms with Crippen molar-refractivity contribution in [2.45, 2.75) is 38.0 Å². The summed E-state index contributed by atoms with van der Waals surface area (Å²) in [5.41, 5.74) is 0.444. The number of hydrogen-bond donors (Lipinski definition) is 0. The van der Waals surface area contributed by atoms with Crippen molar-refractivity contribution in [2.24, 2.45) is 5.41 Å². The SMILES string of the molecule is C=C1CC2(CC2)CCC1(F)F. The van der Waals surface area contributed by atoms with Gasteiger partial charge in [-0.1, -0.05) is 6.58 Å². The number of alkyl halides is 2. The molecule has 0 atom stereocenters. The Bertz CT molecular complexity index is 202. The second kappa shape index (κ2) is 1.85. The molecule has 0 aromatic heterocycles. The molecule has 0 N–H and O–H groups in total. The van der Waals surface area contributed by atoms with Gasteiger partial charge in [0.1, 0.15) is 0 Å². The van der Waals surface area contributed by atoms with Gasteiger partial charge in [-0.05, 0) is 36.7 Å². The number of halogens is 2. The van der Waals surface area contributed by atoms with Crippen molar-refractivity contribution in [3.05, 3.63) is 12.2 Å². The van der Waals surface area contributed by atoms with Crippen molar-refractivity contribution in [3.8, 4) is 0 Å². The molecule has 1 spiro atoms. The van der Waals surface area contributed by atoms with Gasteiger partial charge in [0.15, 0.2) is 0 Å². The van der Waals surface area contributed by atoms with E-state index in [2.05, 4.69) is 6.58 Å². The molecule has 2 fully saturated rings. The van der Waals surface area contributed by atoms with Gasteiger partial charge in [-0.2, -0.15) is 0 Å². The summed E-state index contributed by atoms with van der Waals surface area (Å²) in [5.74, 6) is -2.56. The number of rotatable bonds is 0. The van der Waals surface area contributed by atoms with Crippen LogP contribution in [0.4, 0.5) is 8.78 Å². The van der Waals surface area contributed by atoms with Crippen molar-refractivity contribution >= 4 is 0 Å². The Morgan fingerprint density at radius 1 is 1.09 bits per heavy atom. The van der Waals surface area contributed by atoms with E-state index >= 15 is 0 Å². The minimum absolute atomic E-state index is 0.0336. The van der Waals surface area contributed by atoms with E-state index in [-0.39, 0.29) is 17.4 Å². The van der Waals surface area contributed by atoms with Crippen LogP contribution in [0.25, 0.3) is 0 Å².